The molecule has 30 heavy (non-hydrogen) atoms. The Morgan fingerprint density at radius 2 is 1.87 bits per heavy atom. The minimum Gasteiger partial charge on any atom is -0.375 e. The van der Waals surface area contributed by atoms with Crippen LogP contribution in [0.1, 0.15) is 37.7 Å². The number of nitrogens with zero attached hydrogens (tertiary/aromatic N) is 3. The molecule has 1 aromatic carbocycles. The van der Waals surface area contributed by atoms with Gasteiger partial charge in [-0.25, -0.2) is 9.97 Å². The predicted molar refractivity (Wildman–Crippen MR) is 108 cm³/mol. The molecule has 5 rings (SSSR count). The number of rotatable bonds is 2. The molecule has 2 fully saturated rings. The number of ether oxygens (including phenoxy) is 1. The van der Waals surface area contributed by atoms with Crippen LogP contribution in [0.5, 0.6) is 0 Å². The van der Waals surface area contributed by atoms with E-state index in [2.05, 4.69) is 19.9 Å². The SMILES string of the molecule is FC(F)(F)c1ccc2[nH]c(-c3ccc(N4CCC5(CCCCO5)CC4)nc3)nc2c1. The third-order valence-electron chi connectivity index (χ3n) is 6.27. The number of pyridine rings is 1. The molecule has 0 radical (unpaired) electrons. The maximum atomic E-state index is 12.9. The Hall–Kier alpha value is -2.61. The summed E-state index contributed by atoms with van der Waals surface area (Å²) in [5.74, 6) is 1.41. The van der Waals surface area contributed by atoms with Crippen LogP contribution in [-0.4, -0.2) is 40.2 Å². The minimum atomic E-state index is -4.38. The topological polar surface area (TPSA) is 54.0 Å². The number of alkyl halides is 3. The first-order chi connectivity index (χ1) is 14.4. The van der Waals surface area contributed by atoms with E-state index in [4.69, 9.17) is 4.74 Å². The maximum Gasteiger partial charge on any atom is 0.416 e. The normalized spacial score (nSPS) is 19.5. The highest BCUT2D eigenvalue weighted by Crippen LogP contribution is 2.36. The largest absolute Gasteiger partial charge is 0.416 e. The van der Waals surface area contributed by atoms with Gasteiger partial charge in [0, 0.05) is 31.5 Å². The molecule has 5 nitrogen and oxygen atoms in total. The van der Waals surface area contributed by atoms with Crippen LogP contribution in [0.4, 0.5) is 19.0 Å². The van der Waals surface area contributed by atoms with E-state index in [1.807, 2.05) is 12.1 Å². The van der Waals surface area contributed by atoms with Gasteiger partial charge in [-0.15, -0.1) is 0 Å². The molecule has 1 spiro atoms. The van der Waals surface area contributed by atoms with Crippen molar-refractivity contribution in [3.8, 4) is 11.4 Å². The van der Waals surface area contributed by atoms with E-state index in [-0.39, 0.29) is 11.1 Å². The molecule has 2 aromatic heterocycles. The number of piperidine rings is 1. The lowest BCUT2D eigenvalue weighted by Crippen LogP contribution is -2.47. The van der Waals surface area contributed by atoms with Gasteiger partial charge >= 0.3 is 6.18 Å². The van der Waals surface area contributed by atoms with E-state index in [1.165, 1.54) is 12.5 Å². The average molecular weight is 416 g/mol. The van der Waals surface area contributed by atoms with Crippen LogP contribution in [0.2, 0.25) is 0 Å². The van der Waals surface area contributed by atoms with Crippen molar-refractivity contribution in [1.82, 2.24) is 15.0 Å². The van der Waals surface area contributed by atoms with E-state index in [1.54, 1.807) is 6.20 Å². The van der Waals surface area contributed by atoms with Crippen LogP contribution < -0.4 is 4.90 Å². The van der Waals surface area contributed by atoms with E-state index >= 15 is 0 Å². The highest BCUT2D eigenvalue weighted by Gasteiger charge is 2.37. The maximum absolute atomic E-state index is 12.9. The lowest BCUT2D eigenvalue weighted by atomic mass is 9.84. The number of fused-ring (bicyclic) bond motifs is 1. The molecule has 0 aliphatic carbocycles. The second kappa shape index (κ2) is 7.27. The van der Waals surface area contributed by atoms with E-state index in [9.17, 15) is 13.2 Å². The molecule has 158 valence electrons. The number of aromatic amines is 1. The quantitative estimate of drug-likeness (QED) is 0.625. The molecule has 0 saturated carbocycles. The summed E-state index contributed by atoms with van der Waals surface area (Å²) in [6.07, 6.45) is 2.92. The lowest BCUT2D eigenvalue weighted by Gasteiger charge is -2.44. The summed E-state index contributed by atoms with van der Waals surface area (Å²) in [4.78, 5) is 14.3. The molecule has 0 amide bonds. The standard InChI is InChI=1S/C22H23F3N4O/c23-22(24,25)16-4-5-17-18(13-16)28-20(27-17)15-3-6-19(26-14-15)29-10-8-21(9-11-29)7-1-2-12-30-21/h3-6,13-14H,1-2,7-12H2,(H,27,28). The van der Waals surface area contributed by atoms with Gasteiger partial charge in [-0.3, -0.25) is 0 Å². The van der Waals surface area contributed by atoms with Crippen molar-refractivity contribution in [2.24, 2.45) is 0 Å². The van der Waals surface area contributed by atoms with Crippen molar-refractivity contribution in [3.05, 3.63) is 42.1 Å². The Balaban J connectivity index is 1.31. The Morgan fingerprint density at radius 1 is 1.03 bits per heavy atom. The monoisotopic (exact) mass is 416 g/mol. The van der Waals surface area contributed by atoms with E-state index in [0.717, 1.165) is 68.9 Å². The number of nitrogens with one attached hydrogen (secondary N) is 1. The van der Waals surface area contributed by atoms with Gasteiger partial charge in [0.25, 0.3) is 0 Å². The van der Waals surface area contributed by atoms with E-state index < -0.39 is 11.7 Å². The summed E-state index contributed by atoms with van der Waals surface area (Å²) in [5, 5.41) is 0. The molecule has 2 aliphatic heterocycles. The molecule has 0 unspecified atom stereocenters. The first kappa shape index (κ1) is 19.4. The smallest absolute Gasteiger partial charge is 0.375 e. The van der Waals surface area contributed by atoms with Crippen molar-refractivity contribution >= 4 is 16.9 Å². The van der Waals surface area contributed by atoms with Crippen molar-refractivity contribution in [3.63, 3.8) is 0 Å². The average Bonchev–Trinajstić information content (AvgIpc) is 3.18. The summed E-state index contributed by atoms with van der Waals surface area (Å²) in [7, 11) is 0. The number of aromatic nitrogens is 3. The Kier molecular flexibility index (Phi) is 4.69. The van der Waals surface area contributed by atoms with Crippen LogP contribution in [-0.2, 0) is 10.9 Å². The fourth-order valence-corrected chi connectivity index (χ4v) is 4.48. The number of benzene rings is 1. The third-order valence-corrected chi connectivity index (χ3v) is 6.27. The number of halogens is 3. The molecule has 0 bridgehead atoms. The zero-order valence-corrected chi connectivity index (χ0v) is 16.5. The lowest BCUT2D eigenvalue weighted by molar-refractivity contribution is -0.137. The Labute approximate surface area is 172 Å². The van der Waals surface area contributed by atoms with Crippen molar-refractivity contribution in [2.45, 2.75) is 43.9 Å². The summed E-state index contributed by atoms with van der Waals surface area (Å²) in [6.45, 7) is 2.70. The zero-order valence-electron chi connectivity index (χ0n) is 16.5. The van der Waals surface area contributed by atoms with Crippen LogP contribution in [0, 0.1) is 0 Å². The van der Waals surface area contributed by atoms with Gasteiger partial charge in [0.05, 0.1) is 22.2 Å². The molecule has 2 saturated heterocycles. The number of hydrogen-bond acceptors (Lipinski definition) is 4. The molecule has 0 atom stereocenters. The van der Waals surface area contributed by atoms with Crippen LogP contribution in [0.15, 0.2) is 36.5 Å². The summed E-state index contributed by atoms with van der Waals surface area (Å²) in [6, 6.07) is 7.39. The molecule has 8 heteroatoms. The number of hydrogen-bond donors (Lipinski definition) is 1. The van der Waals surface area contributed by atoms with Crippen molar-refractivity contribution in [2.75, 3.05) is 24.6 Å². The summed E-state index contributed by atoms with van der Waals surface area (Å²) >= 11 is 0. The third kappa shape index (κ3) is 3.64. The van der Waals surface area contributed by atoms with Crippen LogP contribution >= 0.6 is 0 Å². The first-order valence-electron chi connectivity index (χ1n) is 10.3. The van der Waals surface area contributed by atoms with Gasteiger partial charge in [-0.2, -0.15) is 13.2 Å². The van der Waals surface area contributed by atoms with Crippen molar-refractivity contribution < 1.29 is 17.9 Å². The van der Waals surface area contributed by atoms with Gasteiger partial charge in [0.1, 0.15) is 11.6 Å². The number of imidazole rings is 1. The highest BCUT2D eigenvalue weighted by molar-refractivity contribution is 5.80. The van der Waals surface area contributed by atoms with Gasteiger partial charge in [0.2, 0.25) is 0 Å². The molecular formula is C22H23F3N4O. The molecule has 3 aromatic rings. The minimum absolute atomic E-state index is 0.0538. The summed E-state index contributed by atoms with van der Waals surface area (Å²) in [5.41, 5.74) is 0.950. The van der Waals surface area contributed by atoms with Crippen LogP contribution in [0.3, 0.4) is 0 Å². The fourth-order valence-electron chi connectivity index (χ4n) is 4.48. The fraction of sp³-hybridized carbons (Fsp3) is 0.455. The van der Waals surface area contributed by atoms with Gasteiger partial charge < -0.3 is 14.6 Å². The molecule has 4 heterocycles. The van der Waals surface area contributed by atoms with Gasteiger partial charge in [0.15, 0.2) is 0 Å². The predicted octanol–water partition coefficient (Wildman–Crippen LogP) is 5.18. The van der Waals surface area contributed by atoms with E-state index in [0.29, 0.717) is 11.3 Å². The highest BCUT2D eigenvalue weighted by atomic mass is 19.4. The molecule has 2 aliphatic rings. The first-order valence-corrected chi connectivity index (χ1v) is 10.3. The summed E-state index contributed by atoms with van der Waals surface area (Å²) < 4.78 is 44.9. The zero-order chi connectivity index (χ0) is 20.8. The van der Waals surface area contributed by atoms with Crippen molar-refractivity contribution in [1.29, 1.82) is 0 Å². The number of anilines is 1. The Morgan fingerprint density at radius 3 is 2.53 bits per heavy atom. The Bertz CT molecular complexity index is 1030. The number of H-pyrrole nitrogens is 1. The molecular weight excluding hydrogens is 393 g/mol. The molecule has 1 N–H and O–H groups in total. The second-order valence-electron chi connectivity index (χ2n) is 8.20. The van der Waals surface area contributed by atoms with Gasteiger partial charge in [-0.1, -0.05) is 0 Å². The van der Waals surface area contributed by atoms with Crippen LogP contribution in [0.25, 0.3) is 22.4 Å². The second-order valence-corrected chi connectivity index (χ2v) is 8.20. The van der Waals surface area contributed by atoms with Gasteiger partial charge in [-0.05, 0) is 62.4 Å².